The van der Waals surface area contributed by atoms with Crippen LogP contribution in [0.25, 0.3) is 0 Å². The van der Waals surface area contributed by atoms with Crippen molar-refractivity contribution in [2.45, 2.75) is 147 Å². The van der Waals surface area contributed by atoms with Crippen LogP contribution in [-0.2, 0) is 63.4 Å². The molecule has 9 amide bonds. The van der Waals surface area contributed by atoms with Gasteiger partial charge in [0.25, 0.3) is 5.91 Å². The van der Waals surface area contributed by atoms with E-state index >= 15 is 0 Å². The molecule has 2 fully saturated rings. The van der Waals surface area contributed by atoms with Gasteiger partial charge in [-0.15, -0.1) is 0 Å². The minimum Gasteiger partial charge on any atom is -0.368 e. The number of hydrogen-bond acceptors (Lipinski definition) is 11. The Morgan fingerprint density at radius 1 is 0.551 bits per heavy atom. The maximum absolute atomic E-state index is 14.7. The lowest BCUT2D eigenvalue weighted by atomic mass is 10.0. The van der Waals surface area contributed by atoms with Crippen LogP contribution in [0.2, 0.25) is 0 Å². The van der Waals surface area contributed by atoms with Gasteiger partial charge in [-0.25, -0.2) is 0 Å². The van der Waals surface area contributed by atoms with Gasteiger partial charge in [0, 0.05) is 75.0 Å². The first-order valence-electron chi connectivity index (χ1n) is 32.0. The van der Waals surface area contributed by atoms with E-state index in [2.05, 4.69) is 21.3 Å². The van der Waals surface area contributed by atoms with E-state index in [1.54, 1.807) is 12.1 Å². The molecule has 8 N–H and O–H groups in total. The first-order chi connectivity index (χ1) is 42.9. The lowest BCUT2D eigenvalue weighted by Gasteiger charge is -2.32. The summed E-state index contributed by atoms with van der Waals surface area (Å²) in [5, 5.41) is 12.6. The fourth-order valence-electron chi connectivity index (χ4n) is 11.2. The first-order valence-corrected chi connectivity index (χ1v) is 33.2. The second-order valence-corrected chi connectivity index (χ2v) is 26.1. The zero-order chi connectivity index (χ0) is 63.5. The molecule has 2 aliphatic heterocycles. The van der Waals surface area contributed by atoms with Crippen molar-refractivity contribution in [3.63, 3.8) is 0 Å². The minimum atomic E-state index is -0.718. The predicted molar refractivity (Wildman–Crippen MR) is 346 cm³/mol. The van der Waals surface area contributed by atoms with Crippen molar-refractivity contribution in [1.29, 1.82) is 0 Å². The second kappa shape index (κ2) is 36.2. The number of fused-ring (bicyclic) bond motifs is 29. The van der Waals surface area contributed by atoms with Crippen LogP contribution in [0.15, 0.2) is 115 Å². The van der Waals surface area contributed by atoms with Gasteiger partial charge in [-0.2, -0.15) is 11.8 Å². The molecule has 20 heteroatoms. The van der Waals surface area contributed by atoms with Crippen LogP contribution in [0.5, 0.6) is 0 Å². The molecule has 4 aromatic rings. The summed E-state index contributed by atoms with van der Waals surface area (Å²) in [4.78, 5) is 134. The number of nitrogens with two attached hydrogens (primary N) is 2. The highest BCUT2D eigenvalue weighted by atomic mass is 32.2. The van der Waals surface area contributed by atoms with E-state index in [1.165, 1.54) is 31.4 Å². The van der Waals surface area contributed by atoms with Crippen LogP contribution in [0, 0.1) is 17.8 Å². The molecule has 0 unspecified atom stereocenters. The molecule has 19 nitrogen and oxygen atoms in total. The summed E-state index contributed by atoms with van der Waals surface area (Å²) in [6.07, 6.45) is 8.33. The molecule has 2 heterocycles. The molecule has 0 saturated heterocycles. The Morgan fingerprint density at radius 3 is 1.46 bits per heavy atom. The summed E-state index contributed by atoms with van der Waals surface area (Å²) < 4.78 is 0. The molecular weight excluding hydrogens is 1140 g/mol. The molecule has 2 bridgehead atoms. The van der Waals surface area contributed by atoms with Gasteiger partial charge in [0.15, 0.2) is 0 Å². The van der Waals surface area contributed by atoms with Gasteiger partial charge in [0.1, 0.15) is 0 Å². The number of amides is 9. The number of benzene rings is 4. The minimum absolute atomic E-state index is 0.0231. The lowest BCUT2D eigenvalue weighted by Crippen LogP contribution is -2.55. The van der Waals surface area contributed by atoms with Crippen LogP contribution >= 0.6 is 11.8 Å². The highest BCUT2D eigenvalue weighted by Gasteiger charge is 2.34. The Bertz CT molecular complexity index is 2930. The topological polar surface area (TPSA) is 267 Å². The number of unbranched alkanes of at least 4 members (excludes halogenated alkanes) is 2. The molecule has 4 atom stereocenters. The van der Waals surface area contributed by atoms with E-state index in [0.717, 1.165) is 60.8 Å². The number of nitrogens with zero attached hydrogens (tertiary/aromatic N) is 4. The molecule has 2 saturated carbocycles. The smallest absolute Gasteiger partial charge is 0.251 e. The standard InChI is InChI=1S/C69H94N10O9S/c1-49(2)22-31-65(84)77-40-57(21-13-6-14-33-70)72-62(81)46-78(67(86)38-53-23-24-53)42-59(36-51-17-9-4-10-18-51)74-64(83)47-79(68(87)39-54-25-26-54)43-60(37-52-19-11-5-12-20-52)75-69(88)56-29-27-55(28-30-56)48-89-34-32-66(85)76(44-61(71)80)41-58(73-63(82)45-77)35-50-15-7-3-8-16-50/h3-5,7-12,15-20,27-30,49,53-54,57-60H,6,13-14,21-26,31-48,70H2,1-2H3,(H2,71,80)(H,72,81)(H,73,82)(H,74,83)(H,75,88)/t57-,58-,59-,60-/m0/s1. The quantitative estimate of drug-likeness (QED) is 0.0444. The van der Waals surface area contributed by atoms with Gasteiger partial charge in [-0.3, -0.25) is 43.2 Å². The van der Waals surface area contributed by atoms with Crippen molar-refractivity contribution in [1.82, 2.24) is 40.9 Å². The Kier molecular flexibility index (Phi) is 28.0. The summed E-state index contributed by atoms with van der Waals surface area (Å²) in [7, 11) is 0. The predicted octanol–water partition coefficient (Wildman–Crippen LogP) is 5.96. The largest absolute Gasteiger partial charge is 0.368 e. The Labute approximate surface area is 530 Å². The van der Waals surface area contributed by atoms with Gasteiger partial charge in [0.05, 0.1) is 44.3 Å². The van der Waals surface area contributed by atoms with E-state index in [-0.39, 0.29) is 132 Å². The number of rotatable bonds is 20. The van der Waals surface area contributed by atoms with E-state index in [1.807, 2.05) is 117 Å². The summed E-state index contributed by atoms with van der Waals surface area (Å²) in [5.41, 5.74) is 15.6. The van der Waals surface area contributed by atoms with Crippen molar-refractivity contribution in [2.75, 3.05) is 64.7 Å². The first kappa shape index (κ1) is 68.9. The Morgan fingerprint density at radius 2 is 1.00 bits per heavy atom. The third-order valence-electron chi connectivity index (χ3n) is 16.4. The number of hydrogen-bond donors (Lipinski definition) is 6. The third kappa shape index (κ3) is 25.8. The van der Waals surface area contributed by atoms with Gasteiger partial charge in [-0.05, 0) is 123 Å². The fourth-order valence-corrected chi connectivity index (χ4v) is 12.1. The van der Waals surface area contributed by atoms with E-state index < -0.39 is 47.8 Å². The molecule has 2 aliphatic carbocycles. The second-order valence-electron chi connectivity index (χ2n) is 25.0. The molecule has 4 aromatic carbocycles. The van der Waals surface area contributed by atoms with Crippen molar-refractivity contribution >= 4 is 64.9 Å². The van der Waals surface area contributed by atoms with Crippen molar-refractivity contribution in [3.8, 4) is 0 Å². The molecule has 0 radical (unpaired) electrons. The lowest BCUT2D eigenvalue weighted by molar-refractivity contribution is -0.139. The monoisotopic (exact) mass is 1240 g/mol. The van der Waals surface area contributed by atoms with Crippen LogP contribution in [0.3, 0.4) is 0 Å². The number of primary amides is 1. The molecule has 480 valence electrons. The average molecular weight is 1240 g/mol. The maximum Gasteiger partial charge on any atom is 0.251 e. The Balaban J connectivity index is 1.23. The van der Waals surface area contributed by atoms with Crippen molar-refractivity contribution in [3.05, 3.63) is 143 Å². The number of carbonyl (C=O) groups is 9. The van der Waals surface area contributed by atoms with Crippen LogP contribution in [0.4, 0.5) is 0 Å². The maximum atomic E-state index is 14.7. The number of thioether (sulfide) groups is 1. The van der Waals surface area contributed by atoms with E-state index in [9.17, 15) is 43.2 Å². The molecule has 89 heavy (non-hydrogen) atoms. The SMILES string of the molecule is CC(C)CCC(=O)N1CC(=O)N[C@@H](Cc2ccccc2)CN(CC(N)=O)C(=O)CCSCc2ccc(cc2)C(=O)N[C@@H](Cc2ccccc2)CN(C(=O)CC2CC2)CC(=O)N[C@@H](Cc2ccccc2)CN(C(=O)CC2CC2)CC(=O)N[C@@H](CCCCCN)C1. The van der Waals surface area contributed by atoms with E-state index in [4.69, 9.17) is 11.5 Å². The van der Waals surface area contributed by atoms with Crippen molar-refractivity contribution in [2.24, 2.45) is 29.2 Å². The Hall–Kier alpha value is -7.58. The van der Waals surface area contributed by atoms with Gasteiger partial charge < -0.3 is 52.3 Å². The summed E-state index contributed by atoms with van der Waals surface area (Å²) in [5.74, 6) is -2.13. The van der Waals surface area contributed by atoms with Crippen molar-refractivity contribution < 1.29 is 43.2 Å². The highest BCUT2D eigenvalue weighted by molar-refractivity contribution is 7.98. The molecular formula is C69H94N10O9S. The normalized spacial score (nSPS) is 20.4. The molecule has 4 aliphatic rings. The number of nitrogens with one attached hydrogen (secondary N) is 4. The fraction of sp³-hybridized carbons (Fsp3) is 0.522. The third-order valence-corrected chi connectivity index (χ3v) is 17.4. The molecule has 8 rings (SSSR count). The highest BCUT2D eigenvalue weighted by Crippen LogP contribution is 2.34. The summed E-state index contributed by atoms with van der Waals surface area (Å²) in [6.45, 7) is 2.99. The van der Waals surface area contributed by atoms with Crippen LogP contribution in [-0.4, -0.2) is 162 Å². The number of carbonyl (C=O) groups excluding carboxylic acids is 9. The van der Waals surface area contributed by atoms with Gasteiger partial charge >= 0.3 is 0 Å². The zero-order valence-electron chi connectivity index (χ0n) is 52.1. The van der Waals surface area contributed by atoms with Crippen LogP contribution in [0.1, 0.15) is 130 Å². The summed E-state index contributed by atoms with van der Waals surface area (Å²) >= 11 is 1.51. The zero-order valence-corrected chi connectivity index (χ0v) is 52.9. The van der Waals surface area contributed by atoms with Crippen LogP contribution < -0.4 is 32.7 Å². The molecule has 0 spiro atoms. The molecule has 0 aromatic heterocycles. The van der Waals surface area contributed by atoms with E-state index in [0.29, 0.717) is 55.7 Å². The van der Waals surface area contributed by atoms with Gasteiger partial charge in [0.2, 0.25) is 47.3 Å². The van der Waals surface area contributed by atoms with Gasteiger partial charge in [-0.1, -0.05) is 130 Å². The summed E-state index contributed by atoms with van der Waals surface area (Å²) in [6, 6.07) is 33.1. The average Bonchev–Trinajstić information content (AvgIpc) is 4.39.